The van der Waals surface area contributed by atoms with Gasteiger partial charge in [0.25, 0.3) is 0 Å². The van der Waals surface area contributed by atoms with Gasteiger partial charge in [-0.3, -0.25) is 5.10 Å². The predicted octanol–water partition coefficient (Wildman–Crippen LogP) is 3.19. The van der Waals surface area contributed by atoms with Crippen LogP contribution in [-0.2, 0) is 0 Å². The molecule has 8 heteroatoms. The maximum absolute atomic E-state index is 6.30. The number of benzene rings is 1. The van der Waals surface area contributed by atoms with Gasteiger partial charge in [0, 0.05) is 30.6 Å². The lowest BCUT2D eigenvalue weighted by molar-refractivity contribution is 0.570. The summed E-state index contributed by atoms with van der Waals surface area (Å²) in [6.45, 7) is 8.36. The Morgan fingerprint density at radius 1 is 1.23 bits per heavy atom. The van der Waals surface area contributed by atoms with Gasteiger partial charge >= 0.3 is 0 Å². The molecule has 26 heavy (non-hydrogen) atoms. The average molecular weight is 374 g/mol. The van der Waals surface area contributed by atoms with Crippen LogP contribution in [0, 0.1) is 12.8 Å². The van der Waals surface area contributed by atoms with Crippen LogP contribution in [0.5, 0.6) is 0 Å². The highest BCUT2D eigenvalue weighted by Crippen LogP contribution is 2.27. The molecule has 1 aromatic carbocycles. The molecule has 0 radical (unpaired) electrons. The summed E-state index contributed by atoms with van der Waals surface area (Å²) in [5.41, 5.74) is 8.58. The van der Waals surface area contributed by atoms with E-state index >= 15 is 0 Å². The molecule has 0 aliphatic carbocycles. The topological polar surface area (TPSA) is 96.6 Å². The van der Waals surface area contributed by atoms with Crippen molar-refractivity contribution in [1.29, 1.82) is 0 Å². The zero-order valence-corrected chi connectivity index (χ0v) is 16.1. The Hall–Kier alpha value is -2.25. The molecule has 0 bridgehead atoms. The molecule has 138 valence electrons. The van der Waals surface area contributed by atoms with E-state index < -0.39 is 0 Å². The number of nitrogens with one attached hydrogen (secondary N) is 1. The maximum atomic E-state index is 6.30. The Morgan fingerprint density at radius 3 is 2.77 bits per heavy atom. The first-order valence-corrected chi connectivity index (χ1v) is 9.17. The fourth-order valence-corrected chi connectivity index (χ4v) is 3.01. The van der Waals surface area contributed by atoms with Gasteiger partial charge in [-0.2, -0.15) is 5.10 Å². The number of rotatable bonds is 7. The van der Waals surface area contributed by atoms with E-state index in [1.165, 1.54) is 0 Å². The smallest absolute Gasteiger partial charge is 0.194 e. The standard InChI is InChI=1S/C18H24ClN7/c1-11(2)6-8-26(9-7-20)18-16(19)24-25-17(21-18)13-4-5-15-14(10-13)12(3)22-23-15/h4-5,10-11H,6-9,20H2,1-3H3,(H,22,23). The van der Waals surface area contributed by atoms with Crippen LogP contribution in [0.2, 0.25) is 5.15 Å². The number of aryl methyl sites for hydroxylation is 1. The minimum atomic E-state index is 0.298. The van der Waals surface area contributed by atoms with Gasteiger partial charge in [-0.15, -0.1) is 10.2 Å². The molecular formula is C18H24ClN7. The van der Waals surface area contributed by atoms with Crippen LogP contribution in [0.1, 0.15) is 26.0 Å². The van der Waals surface area contributed by atoms with Crippen molar-refractivity contribution in [1.82, 2.24) is 25.4 Å². The molecule has 3 rings (SSSR count). The number of hydrogen-bond acceptors (Lipinski definition) is 6. The first-order valence-electron chi connectivity index (χ1n) is 8.80. The second-order valence-corrected chi connectivity index (χ2v) is 7.14. The number of halogens is 1. The molecule has 2 aromatic heterocycles. The van der Waals surface area contributed by atoms with Crippen LogP contribution in [0.3, 0.4) is 0 Å². The summed E-state index contributed by atoms with van der Waals surface area (Å²) < 4.78 is 0. The number of aromatic amines is 1. The number of hydrogen-bond donors (Lipinski definition) is 2. The van der Waals surface area contributed by atoms with Crippen molar-refractivity contribution in [3.63, 3.8) is 0 Å². The fraction of sp³-hybridized carbons (Fsp3) is 0.444. The van der Waals surface area contributed by atoms with Crippen molar-refractivity contribution in [3.8, 4) is 11.4 Å². The molecule has 0 spiro atoms. The van der Waals surface area contributed by atoms with E-state index in [4.69, 9.17) is 22.3 Å². The first-order chi connectivity index (χ1) is 12.5. The Labute approximate surface area is 158 Å². The Morgan fingerprint density at radius 2 is 2.04 bits per heavy atom. The van der Waals surface area contributed by atoms with E-state index in [0.29, 0.717) is 35.8 Å². The summed E-state index contributed by atoms with van der Waals surface area (Å²) in [7, 11) is 0. The highest BCUT2D eigenvalue weighted by atomic mass is 35.5. The third kappa shape index (κ3) is 3.94. The first kappa shape index (κ1) is 18.5. The van der Waals surface area contributed by atoms with Crippen LogP contribution in [-0.4, -0.2) is 45.0 Å². The lowest BCUT2D eigenvalue weighted by Crippen LogP contribution is -2.32. The molecule has 0 aliphatic heterocycles. The molecule has 0 saturated heterocycles. The Bertz CT molecular complexity index is 890. The maximum Gasteiger partial charge on any atom is 0.194 e. The second kappa shape index (κ2) is 7.97. The van der Waals surface area contributed by atoms with Gasteiger partial charge in [0.05, 0.1) is 11.2 Å². The van der Waals surface area contributed by atoms with Crippen molar-refractivity contribution >= 4 is 28.3 Å². The van der Waals surface area contributed by atoms with Crippen LogP contribution in [0.15, 0.2) is 18.2 Å². The van der Waals surface area contributed by atoms with Crippen molar-refractivity contribution in [2.24, 2.45) is 11.7 Å². The normalized spacial score (nSPS) is 11.5. The summed E-state index contributed by atoms with van der Waals surface area (Å²) >= 11 is 6.30. The number of anilines is 1. The third-order valence-corrected chi connectivity index (χ3v) is 4.56. The van der Waals surface area contributed by atoms with Crippen molar-refractivity contribution in [2.45, 2.75) is 27.2 Å². The minimum Gasteiger partial charge on any atom is -0.353 e. The Kier molecular flexibility index (Phi) is 5.68. The summed E-state index contributed by atoms with van der Waals surface area (Å²) in [5, 5.41) is 16.9. The fourth-order valence-electron chi connectivity index (χ4n) is 2.81. The van der Waals surface area contributed by atoms with Crippen molar-refractivity contribution < 1.29 is 0 Å². The lowest BCUT2D eigenvalue weighted by atomic mass is 10.1. The summed E-state index contributed by atoms with van der Waals surface area (Å²) in [5.74, 6) is 1.75. The summed E-state index contributed by atoms with van der Waals surface area (Å²) in [6, 6.07) is 5.94. The van der Waals surface area contributed by atoms with E-state index in [0.717, 1.165) is 35.1 Å². The van der Waals surface area contributed by atoms with E-state index in [1.54, 1.807) is 0 Å². The molecule has 3 N–H and O–H groups in total. The van der Waals surface area contributed by atoms with E-state index in [9.17, 15) is 0 Å². The van der Waals surface area contributed by atoms with Gasteiger partial charge in [0.2, 0.25) is 0 Å². The second-order valence-electron chi connectivity index (χ2n) is 6.78. The van der Waals surface area contributed by atoms with Gasteiger partial charge < -0.3 is 10.6 Å². The molecular weight excluding hydrogens is 350 g/mol. The molecule has 0 amide bonds. The van der Waals surface area contributed by atoms with Crippen LogP contribution in [0.25, 0.3) is 22.3 Å². The molecule has 3 aromatic rings. The number of nitrogens with zero attached hydrogens (tertiary/aromatic N) is 5. The van der Waals surface area contributed by atoms with Crippen LogP contribution >= 0.6 is 11.6 Å². The largest absolute Gasteiger partial charge is 0.353 e. The van der Waals surface area contributed by atoms with E-state index in [2.05, 4.69) is 39.1 Å². The SMILES string of the molecule is Cc1n[nH]c2ccc(-c3nnc(Cl)c(N(CCN)CCC(C)C)n3)cc12. The zero-order chi connectivity index (χ0) is 18.7. The van der Waals surface area contributed by atoms with Gasteiger partial charge in [-0.25, -0.2) is 4.98 Å². The number of nitrogens with two attached hydrogens (primary N) is 1. The van der Waals surface area contributed by atoms with Crippen molar-refractivity contribution in [3.05, 3.63) is 29.0 Å². The summed E-state index contributed by atoms with van der Waals surface area (Å²) in [6.07, 6.45) is 1.02. The minimum absolute atomic E-state index is 0.298. The number of aromatic nitrogens is 5. The third-order valence-electron chi connectivity index (χ3n) is 4.32. The summed E-state index contributed by atoms with van der Waals surface area (Å²) in [4.78, 5) is 6.78. The lowest BCUT2D eigenvalue weighted by Gasteiger charge is -2.24. The van der Waals surface area contributed by atoms with Gasteiger partial charge in [-0.05, 0) is 37.5 Å². The highest BCUT2D eigenvalue weighted by molar-refractivity contribution is 6.31. The molecule has 2 heterocycles. The zero-order valence-electron chi connectivity index (χ0n) is 15.3. The molecule has 0 aliphatic rings. The van der Waals surface area contributed by atoms with Gasteiger partial charge in [0.1, 0.15) is 0 Å². The van der Waals surface area contributed by atoms with Crippen LogP contribution in [0.4, 0.5) is 5.82 Å². The quantitative estimate of drug-likeness (QED) is 0.660. The van der Waals surface area contributed by atoms with Gasteiger partial charge in [0.15, 0.2) is 16.8 Å². The molecule has 0 saturated carbocycles. The molecule has 0 fully saturated rings. The monoisotopic (exact) mass is 373 g/mol. The molecule has 0 atom stereocenters. The highest BCUT2D eigenvalue weighted by Gasteiger charge is 2.16. The van der Waals surface area contributed by atoms with Crippen LogP contribution < -0.4 is 10.6 Å². The van der Waals surface area contributed by atoms with E-state index in [1.807, 2.05) is 25.1 Å². The number of H-pyrrole nitrogens is 1. The number of fused-ring (bicyclic) bond motifs is 1. The van der Waals surface area contributed by atoms with E-state index in [-0.39, 0.29) is 0 Å². The van der Waals surface area contributed by atoms with Gasteiger partial charge in [-0.1, -0.05) is 25.4 Å². The van der Waals surface area contributed by atoms with Crippen molar-refractivity contribution in [2.75, 3.05) is 24.5 Å². The average Bonchev–Trinajstić information content (AvgIpc) is 3.00. The molecule has 7 nitrogen and oxygen atoms in total. The molecule has 0 unspecified atom stereocenters. The predicted molar refractivity (Wildman–Crippen MR) is 105 cm³/mol. The Balaban J connectivity index is 1.97.